The minimum Gasteiger partial charge on any atom is -0.508 e. The predicted molar refractivity (Wildman–Crippen MR) is 80.9 cm³/mol. The summed E-state index contributed by atoms with van der Waals surface area (Å²) < 4.78 is 5.17. The molecule has 0 aliphatic rings. The molecule has 20 heavy (non-hydrogen) atoms. The van der Waals surface area contributed by atoms with Crippen LogP contribution in [0.25, 0.3) is 0 Å². The number of rotatable bonds is 9. The quantitative estimate of drug-likeness (QED) is 0.411. The van der Waals surface area contributed by atoms with Crippen LogP contribution in [0.1, 0.15) is 55.8 Å². The molecule has 0 fully saturated rings. The number of allylic oxidation sites excluding steroid dienone is 2. The molecule has 110 valence electrons. The van der Waals surface area contributed by atoms with Gasteiger partial charge in [0.1, 0.15) is 5.75 Å². The van der Waals surface area contributed by atoms with Crippen LogP contribution in [-0.2, 0) is 4.74 Å². The number of aromatic hydroxyl groups is 1. The maximum Gasteiger partial charge on any atom is 0.338 e. The smallest absolute Gasteiger partial charge is 0.338 e. The van der Waals surface area contributed by atoms with Gasteiger partial charge in [0.15, 0.2) is 0 Å². The summed E-state index contributed by atoms with van der Waals surface area (Å²) in [7, 11) is 0. The third-order valence-corrected chi connectivity index (χ3v) is 2.97. The highest BCUT2D eigenvalue weighted by molar-refractivity contribution is 5.89. The molecule has 0 saturated carbocycles. The summed E-state index contributed by atoms with van der Waals surface area (Å²) in [6, 6.07) is 6.10. The van der Waals surface area contributed by atoms with Crippen molar-refractivity contribution < 1.29 is 14.6 Å². The number of phenolic OH excluding ortho intramolecular Hbond substituents is 1. The SMILES string of the molecule is CCC/C=C/CCCCCOC(=O)c1ccc(O)cc1. The average Bonchev–Trinajstić information content (AvgIpc) is 2.46. The Labute approximate surface area is 121 Å². The summed E-state index contributed by atoms with van der Waals surface area (Å²) >= 11 is 0. The van der Waals surface area contributed by atoms with Gasteiger partial charge in [-0.05, 0) is 56.4 Å². The molecule has 0 unspecified atom stereocenters. The fraction of sp³-hybridized carbons (Fsp3) is 0.471. The molecular weight excluding hydrogens is 252 g/mol. The Morgan fingerprint density at radius 1 is 1.10 bits per heavy atom. The Bertz CT molecular complexity index is 407. The molecule has 3 nitrogen and oxygen atoms in total. The number of unbranched alkanes of at least 4 members (excludes halogenated alkanes) is 4. The van der Waals surface area contributed by atoms with Gasteiger partial charge >= 0.3 is 5.97 Å². The van der Waals surface area contributed by atoms with Gasteiger partial charge in [-0.1, -0.05) is 25.5 Å². The van der Waals surface area contributed by atoms with Crippen LogP contribution in [0.4, 0.5) is 0 Å². The van der Waals surface area contributed by atoms with Gasteiger partial charge in [0.2, 0.25) is 0 Å². The van der Waals surface area contributed by atoms with Gasteiger partial charge in [0.05, 0.1) is 12.2 Å². The van der Waals surface area contributed by atoms with Gasteiger partial charge in [-0.3, -0.25) is 0 Å². The van der Waals surface area contributed by atoms with Gasteiger partial charge in [-0.2, -0.15) is 0 Å². The summed E-state index contributed by atoms with van der Waals surface area (Å²) in [5.74, 6) is -0.175. The lowest BCUT2D eigenvalue weighted by Crippen LogP contribution is -2.06. The van der Waals surface area contributed by atoms with E-state index in [9.17, 15) is 4.79 Å². The number of carbonyl (C=O) groups excluding carboxylic acids is 1. The second-order valence-electron chi connectivity index (χ2n) is 4.79. The number of esters is 1. The molecule has 0 saturated heterocycles. The molecule has 1 rings (SSSR count). The van der Waals surface area contributed by atoms with Crippen molar-refractivity contribution in [2.24, 2.45) is 0 Å². The second-order valence-corrected chi connectivity index (χ2v) is 4.79. The van der Waals surface area contributed by atoms with E-state index in [1.54, 1.807) is 12.1 Å². The number of hydrogen-bond donors (Lipinski definition) is 1. The van der Waals surface area contributed by atoms with Crippen molar-refractivity contribution in [3.8, 4) is 5.75 Å². The highest BCUT2D eigenvalue weighted by Crippen LogP contribution is 2.11. The summed E-state index contributed by atoms with van der Waals surface area (Å²) in [5, 5.41) is 9.13. The van der Waals surface area contributed by atoms with Crippen molar-refractivity contribution in [2.75, 3.05) is 6.61 Å². The van der Waals surface area contributed by atoms with Crippen LogP contribution in [-0.4, -0.2) is 17.7 Å². The maximum absolute atomic E-state index is 11.6. The molecule has 0 aliphatic heterocycles. The largest absolute Gasteiger partial charge is 0.508 e. The summed E-state index contributed by atoms with van der Waals surface area (Å²) in [6.45, 7) is 2.63. The number of ether oxygens (including phenoxy) is 1. The van der Waals surface area contributed by atoms with Gasteiger partial charge in [0.25, 0.3) is 0 Å². The van der Waals surface area contributed by atoms with E-state index in [1.807, 2.05) is 0 Å². The van der Waals surface area contributed by atoms with Crippen molar-refractivity contribution in [2.45, 2.75) is 45.4 Å². The predicted octanol–water partition coefficient (Wildman–Crippen LogP) is 4.47. The van der Waals surface area contributed by atoms with Crippen molar-refractivity contribution in [3.63, 3.8) is 0 Å². The number of hydrogen-bond acceptors (Lipinski definition) is 3. The lowest BCUT2D eigenvalue weighted by atomic mass is 10.2. The Hall–Kier alpha value is -1.77. The maximum atomic E-state index is 11.6. The first-order valence-electron chi connectivity index (χ1n) is 7.35. The van der Waals surface area contributed by atoms with E-state index in [2.05, 4.69) is 19.1 Å². The molecule has 0 radical (unpaired) electrons. The second kappa shape index (κ2) is 10.1. The summed E-state index contributed by atoms with van der Waals surface area (Å²) in [6.07, 6.45) is 11.0. The van der Waals surface area contributed by atoms with Crippen molar-refractivity contribution >= 4 is 5.97 Å². The van der Waals surface area contributed by atoms with Crippen LogP contribution in [0, 0.1) is 0 Å². The third-order valence-electron chi connectivity index (χ3n) is 2.97. The molecule has 0 aliphatic carbocycles. The molecule has 0 aromatic heterocycles. The molecule has 0 spiro atoms. The van der Waals surface area contributed by atoms with Gasteiger partial charge < -0.3 is 9.84 Å². The van der Waals surface area contributed by atoms with Gasteiger partial charge in [0, 0.05) is 0 Å². The van der Waals surface area contributed by atoms with Crippen LogP contribution >= 0.6 is 0 Å². The zero-order chi connectivity index (χ0) is 14.6. The van der Waals surface area contributed by atoms with Crippen LogP contribution < -0.4 is 0 Å². The van der Waals surface area contributed by atoms with Crippen LogP contribution in [0.3, 0.4) is 0 Å². The molecule has 0 atom stereocenters. The molecule has 3 heteroatoms. The summed E-state index contributed by atoms with van der Waals surface area (Å²) in [5.41, 5.74) is 0.477. The minimum atomic E-state index is -0.326. The average molecular weight is 276 g/mol. The highest BCUT2D eigenvalue weighted by atomic mass is 16.5. The first kappa shape index (κ1) is 16.3. The van der Waals surface area contributed by atoms with E-state index in [-0.39, 0.29) is 11.7 Å². The monoisotopic (exact) mass is 276 g/mol. The zero-order valence-electron chi connectivity index (χ0n) is 12.2. The normalized spacial score (nSPS) is 10.8. The Morgan fingerprint density at radius 2 is 1.80 bits per heavy atom. The Morgan fingerprint density at radius 3 is 2.50 bits per heavy atom. The van der Waals surface area contributed by atoms with Crippen molar-refractivity contribution in [3.05, 3.63) is 42.0 Å². The molecular formula is C17H24O3. The van der Waals surface area contributed by atoms with Crippen molar-refractivity contribution in [1.29, 1.82) is 0 Å². The van der Waals surface area contributed by atoms with E-state index < -0.39 is 0 Å². The Balaban J connectivity index is 2.06. The van der Waals surface area contributed by atoms with Crippen molar-refractivity contribution in [1.82, 2.24) is 0 Å². The van der Waals surface area contributed by atoms with Crippen LogP contribution in [0.5, 0.6) is 5.75 Å². The first-order valence-corrected chi connectivity index (χ1v) is 7.35. The first-order chi connectivity index (χ1) is 9.74. The molecule has 1 aromatic rings. The lowest BCUT2D eigenvalue weighted by Gasteiger charge is -2.04. The van der Waals surface area contributed by atoms with Gasteiger partial charge in [-0.15, -0.1) is 0 Å². The van der Waals surface area contributed by atoms with E-state index in [0.29, 0.717) is 12.2 Å². The van der Waals surface area contributed by atoms with E-state index in [1.165, 1.54) is 18.6 Å². The Kier molecular flexibility index (Phi) is 8.20. The fourth-order valence-electron chi connectivity index (χ4n) is 1.79. The highest BCUT2D eigenvalue weighted by Gasteiger charge is 2.05. The number of phenols is 1. The molecule has 0 bridgehead atoms. The molecule has 1 aromatic carbocycles. The summed E-state index contributed by atoms with van der Waals surface area (Å²) in [4.78, 5) is 11.6. The zero-order valence-corrected chi connectivity index (χ0v) is 12.2. The van der Waals surface area contributed by atoms with E-state index in [4.69, 9.17) is 9.84 Å². The molecule has 1 N–H and O–H groups in total. The van der Waals surface area contributed by atoms with E-state index >= 15 is 0 Å². The van der Waals surface area contributed by atoms with Crippen LogP contribution in [0.15, 0.2) is 36.4 Å². The number of benzene rings is 1. The molecule has 0 amide bonds. The lowest BCUT2D eigenvalue weighted by molar-refractivity contribution is 0.0498. The fourth-order valence-corrected chi connectivity index (χ4v) is 1.79. The third kappa shape index (κ3) is 6.98. The van der Waals surface area contributed by atoms with E-state index in [0.717, 1.165) is 32.1 Å². The topological polar surface area (TPSA) is 46.5 Å². The minimum absolute atomic E-state index is 0.151. The molecule has 0 heterocycles. The van der Waals surface area contributed by atoms with Crippen LogP contribution in [0.2, 0.25) is 0 Å². The van der Waals surface area contributed by atoms with Gasteiger partial charge in [-0.25, -0.2) is 4.79 Å². The standard InChI is InChI=1S/C17H24O3/c1-2-3-4-5-6-7-8-9-14-20-17(19)15-10-12-16(18)13-11-15/h4-5,10-13,18H,2-3,6-9,14H2,1H3/b5-4+. The number of carbonyl (C=O) groups is 1.